The van der Waals surface area contributed by atoms with Crippen LogP contribution in [0.1, 0.15) is 25.3 Å². The first-order chi connectivity index (χ1) is 11.6. The number of nitrogens with zero attached hydrogens (tertiary/aromatic N) is 3. The summed E-state index contributed by atoms with van der Waals surface area (Å²) in [7, 11) is 0. The molecule has 1 aromatic rings. The first-order valence-corrected chi connectivity index (χ1v) is 9.10. The molecule has 3 rings (SSSR count). The van der Waals surface area contributed by atoms with Gasteiger partial charge in [0.25, 0.3) is 0 Å². The van der Waals surface area contributed by atoms with Gasteiger partial charge in [-0.1, -0.05) is 19.1 Å². The fourth-order valence-electron chi connectivity index (χ4n) is 3.79. The minimum Gasteiger partial charge on any atom is -0.508 e. The Bertz CT molecular complexity index is 555. The molecule has 0 spiro atoms. The Morgan fingerprint density at radius 1 is 1.17 bits per heavy atom. The van der Waals surface area contributed by atoms with Crippen LogP contribution < -0.4 is 0 Å². The van der Waals surface area contributed by atoms with E-state index in [1.54, 1.807) is 6.07 Å². The molecule has 0 unspecified atom stereocenters. The van der Waals surface area contributed by atoms with E-state index in [4.69, 9.17) is 0 Å². The minimum atomic E-state index is 0.279. The van der Waals surface area contributed by atoms with Gasteiger partial charge in [0.1, 0.15) is 5.75 Å². The molecule has 2 aliphatic heterocycles. The van der Waals surface area contributed by atoms with E-state index in [-0.39, 0.29) is 5.91 Å². The third kappa shape index (κ3) is 4.71. The van der Waals surface area contributed by atoms with Crippen LogP contribution in [0.2, 0.25) is 0 Å². The Morgan fingerprint density at radius 2 is 1.96 bits per heavy atom. The van der Waals surface area contributed by atoms with E-state index in [0.717, 1.165) is 51.4 Å². The van der Waals surface area contributed by atoms with Crippen LogP contribution >= 0.6 is 0 Å². The summed E-state index contributed by atoms with van der Waals surface area (Å²) in [4.78, 5) is 19.2. The number of rotatable bonds is 4. The Hall–Kier alpha value is -1.59. The molecule has 5 nitrogen and oxygen atoms in total. The molecule has 5 heteroatoms. The number of phenols is 1. The van der Waals surface area contributed by atoms with Gasteiger partial charge < -0.3 is 10.0 Å². The number of carbonyl (C=O) groups is 1. The van der Waals surface area contributed by atoms with Gasteiger partial charge in [-0.05, 0) is 43.0 Å². The highest BCUT2D eigenvalue weighted by molar-refractivity contribution is 5.78. The van der Waals surface area contributed by atoms with Crippen LogP contribution in [0.5, 0.6) is 5.75 Å². The van der Waals surface area contributed by atoms with Crippen LogP contribution in [-0.4, -0.2) is 71.5 Å². The maximum absolute atomic E-state index is 12.5. The summed E-state index contributed by atoms with van der Waals surface area (Å²) in [5.74, 6) is 1.31. The molecule has 0 saturated carbocycles. The summed E-state index contributed by atoms with van der Waals surface area (Å²) in [5, 5.41) is 9.56. The van der Waals surface area contributed by atoms with Gasteiger partial charge in [0.05, 0.1) is 6.54 Å². The number of piperidine rings is 1. The molecule has 0 aliphatic carbocycles. The average molecular weight is 331 g/mol. The second-order valence-corrected chi connectivity index (χ2v) is 7.31. The van der Waals surface area contributed by atoms with E-state index in [1.807, 2.05) is 23.1 Å². The van der Waals surface area contributed by atoms with Crippen LogP contribution in [0.25, 0.3) is 0 Å². The van der Waals surface area contributed by atoms with E-state index in [9.17, 15) is 9.90 Å². The van der Waals surface area contributed by atoms with E-state index in [1.165, 1.54) is 12.8 Å². The van der Waals surface area contributed by atoms with Crippen LogP contribution in [0.15, 0.2) is 24.3 Å². The van der Waals surface area contributed by atoms with Crippen LogP contribution in [-0.2, 0) is 11.3 Å². The lowest BCUT2D eigenvalue weighted by atomic mass is 10.0. The molecule has 2 fully saturated rings. The molecule has 2 aliphatic rings. The lowest BCUT2D eigenvalue weighted by Gasteiger charge is -2.37. The number of aromatic hydroxyl groups is 1. The van der Waals surface area contributed by atoms with Crippen molar-refractivity contribution in [1.82, 2.24) is 14.7 Å². The van der Waals surface area contributed by atoms with Gasteiger partial charge in [-0.15, -0.1) is 0 Å². The molecular formula is C19H29N3O2. The van der Waals surface area contributed by atoms with Crippen molar-refractivity contribution >= 4 is 5.91 Å². The van der Waals surface area contributed by atoms with E-state index >= 15 is 0 Å². The predicted molar refractivity (Wildman–Crippen MR) is 94.8 cm³/mol. The van der Waals surface area contributed by atoms with Crippen molar-refractivity contribution < 1.29 is 9.90 Å². The Kier molecular flexibility index (Phi) is 5.74. The summed E-state index contributed by atoms with van der Waals surface area (Å²) in [5.41, 5.74) is 1.12. The van der Waals surface area contributed by atoms with Gasteiger partial charge >= 0.3 is 0 Å². The zero-order valence-electron chi connectivity index (χ0n) is 14.7. The molecule has 2 heterocycles. The summed E-state index contributed by atoms with van der Waals surface area (Å²) in [6, 6.07) is 7.43. The van der Waals surface area contributed by atoms with Gasteiger partial charge in [0.2, 0.25) is 5.91 Å². The lowest BCUT2D eigenvalue weighted by Crippen LogP contribution is -2.51. The SMILES string of the molecule is C[C@H]1CCCN(CC(=O)N2CCN(Cc3cccc(O)c3)CC2)C1. The van der Waals surface area contributed by atoms with E-state index in [0.29, 0.717) is 18.2 Å². The van der Waals surface area contributed by atoms with E-state index in [2.05, 4.69) is 16.7 Å². The minimum absolute atomic E-state index is 0.279. The second-order valence-electron chi connectivity index (χ2n) is 7.31. The zero-order chi connectivity index (χ0) is 16.9. The normalized spacial score (nSPS) is 23.4. The second kappa shape index (κ2) is 7.99. The fourth-order valence-corrected chi connectivity index (χ4v) is 3.79. The maximum Gasteiger partial charge on any atom is 0.236 e. The maximum atomic E-state index is 12.5. The van der Waals surface area contributed by atoms with Crippen molar-refractivity contribution in [2.24, 2.45) is 5.92 Å². The highest BCUT2D eigenvalue weighted by atomic mass is 16.3. The molecule has 1 amide bonds. The number of phenolic OH excluding ortho intramolecular Hbond substituents is 1. The fraction of sp³-hybridized carbons (Fsp3) is 0.632. The standard InChI is InChI=1S/C19H29N3O2/c1-16-4-3-7-21(13-16)15-19(24)22-10-8-20(9-11-22)14-17-5-2-6-18(23)12-17/h2,5-6,12,16,23H,3-4,7-11,13-15H2,1H3/t16-/m0/s1. The van der Waals surface area contributed by atoms with Crippen molar-refractivity contribution in [2.75, 3.05) is 45.8 Å². The smallest absolute Gasteiger partial charge is 0.236 e. The van der Waals surface area contributed by atoms with Crippen molar-refractivity contribution in [3.8, 4) is 5.75 Å². The Morgan fingerprint density at radius 3 is 2.67 bits per heavy atom. The van der Waals surface area contributed by atoms with Crippen LogP contribution in [0, 0.1) is 5.92 Å². The molecule has 1 atom stereocenters. The molecule has 0 radical (unpaired) electrons. The molecule has 1 N–H and O–H groups in total. The Labute approximate surface area is 144 Å². The number of benzene rings is 1. The molecule has 132 valence electrons. The topological polar surface area (TPSA) is 47.0 Å². The predicted octanol–water partition coefficient (Wildman–Crippen LogP) is 1.77. The van der Waals surface area contributed by atoms with Crippen molar-refractivity contribution in [2.45, 2.75) is 26.3 Å². The number of piperazine rings is 1. The monoisotopic (exact) mass is 331 g/mol. The van der Waals surface area contributed by atoms with Crippen molar-refractivity contribution in [1.29, 1.82) is 0 Å². The van der Waals surface area contributed by atoms with Gasteiger partial charge in [-0.2, -0.15) is 0 Å². The Balaban J connectivity index is 1.43. The number of amides is 1. The summed E-state index contributed by atoms with van der Waals surface area (Å²) < 4.78 is 0. The molecule has 2 saturated heterocycles. The molecule has 0 bridgehead atoms. The first kappa shape index (κ1) is 17.2. The molecule has 24 heavy (non-hydrogen) atoms. The molecule has 0 aromatic heterocycles. The summed E-state index contributed by atoms with van der Waals surface area (Å²) in [6.07, 6.45) is 2.50. The molecular weight excluding hydrogens is 302 g/mol. The number of hydrogen-bond acceptors (Lipinski definition) is 4. The van der Waals surface area contributed by atoms with Gasteiger partial charge in [-0.3, -0.25) is 14.6 Å². The highest BCUT2D eigenvalue weighted by Crippen LogP contribution is 2.16. The third-order valence-electron chi connectivity index (χ3n) is 5.14. The number of likely N-dealkylation sites (tertiary alicyclic amines) is 1. The van der Waals surface area contributed by atoms with Gasteiger partial charge in [0.15, 0.2) is 0 Å². The summed E-state index contributed by atoms with van der Waals surface area (Å²) >= 11 is 0. The number of carbonyl (C=O) groups excluding carboxylic acids is 1. The number of hydrogen-bond donors (Lipinski definition) is 1. The largest absolute Gasteiger partial charge is 0.508 e. The average Bonchev–Trinajstić information content (AvgIpc) is 2.55. The third-order valence-corrected chi connectivity index (χ3v) is 5.14. The molecule has 1 aromatic carbocycles. The van der Waals surface area contributed by atoms with E-state index < -0.39 is 0 Å². The van der Waals surface area contributed by atoms with Crippen LogP contribution in [0.4, 0.5) is 0 Å². The first-order valence-electron chi connectivity index (χ1n) is 9.10. The zero-order valence-corrected chi connectivity index (χ0v) is 14.7. The van der Waals surface area contributed by atoms with Gasteiger partial charge in [-0.25, -0.2) is 0 Å². The summed E-state index contributed by atoms with van der Waals surface area (Å²) in [6.45, 7) is 9.22. The lowest BCUT2D eigenvalue weighted by molar-refractivity contribution is -0.134. The quantitative estimate of drug-likeness (QED) is 0.913. The highest BCUT2D eigenvalue weighted by Gasteiger charge is 2.24. The van der Waals surface area contributed by atoms with Gasteiger partial charge in [0, 0.05) is 39.3 Å². The van der Waals surface area contributed by atoms with Crippen molar-refractivity contribution in [3.63, 3.8) is 0 Å². The van der Waals surface area contributed by atoms with Crippen molar-refractivity contribution in [3.05, 3.63) is 29.8 Å². The van der Waals surface area contributed by atoms with Crippen LogP contribution in [0.3, 0.4) is 0 Å².